The van der Waals surface area contributed by atoms with E-state index in [1.165, 1.54) is 4.68 Å². The fourth-order valence-electron chi connectivity index (χ4n) is 1.99. The van der Waals surface area contributed by atoms with Gasteiger partial charge in [-0.3, -0.25) is 9.59 Å². The summed E-state index contributed by atoms with van der Waals surface area (Å²) in [5.74, 6) is -1.39. The van der Waals surface area contributed by atoms with Crippen LogP contribution in [-0.4, -0.2) is 38.5 Å². The third-order valence-electron chi connectivity index (χ3n) is 3.13. The Morgan fingerprint density at radius 2 is 2.18 bits per heavy atom. The second kappa shape index (κ2) is 6.84. The topological polar surface area (TPSA) is 97.1 Å². The van der Waals surface area contributed by atoms with Crippen molar-refractivity contribution >= 4 is 11.9 Å². The van der Waals surface area contributed by atoms with Crippen LogP contribution in [0.3, 0.4) is 0 Å². The molecule has 7 nitrogen and oxygen atoms in total. The van der Waals surface area contributed by atoms with Crippen LogP contribution in [0.2, 0.25) is 0 Å². The summed E-state index contributed by atoms with van der Waals surface area (Å²) in [6.45, 7) is 4.01. The number of aryl methyl sites for hydroxylation is 1. The highest BCUT2D eigenvalue weighted by Gasteiger charge is 2.14. The van der Waals surface area contributed by atoms with E-state index in [0.29, 0.717) is 0 Å². The Morgan fingerprint density at radius 1 is 1.41 bits per heavy atom. The van der Waals surface area contributed by atoms with Crippen LogP contribution in [0, 0.1) is 12.8 Å². The molecule has 7 heteroatoms. The molecule has 1 heterocycles. The van der Waals surface area contributed by atoms with E-state index >= 15 is 0 Å². The first-order valence-electron chi connectivity index (χ1n) is 6.95. The quantitative estimate of drug-likeness (QED) is 0.841. The summed E-state index contributed by atoms with van der Waals surface area (Å²) in [6.07, 6.45) is 1.56. The van der Waals surface area contributed by atoms with Crippen molar-refractivity contribution < 1.29 is 14.7 Å². The van der Waals surface area contributed by atoms with Gasteiger partial charge >= 0.3 is 5.97 Å². The minimum Gasteiger partial charge on any atom is -0.481 e. The van der Waals surface area contributed by atoms with Gasteiger partial charge in [0.25, 0.3) is 5.91 Å². The molecule has 0 fully saturated rings. The van der Waals surface area contributed by atoms with Gasteiger partial charge in [0.05, 0.1) is 11.9 Å². The fraction of sp³-hybridized carbons (Fsp3) is 0.333. The molecule has 0 saturated heterocycles. The van der Waals surface area contributed by atoms with Crippen LogP contribution >= 0.6 is 0 Å². The van der Waals surface area contributed by atoms with Crippen LogP contribution < -0.4 is 5.32 Å². The molecule has 2 N–H and O–H groups in total. The third-order valence-corrected chi connectivity index (χ3v) is 3.13. The maximum atomic E-state index is 12.0. The number of hydrogen-bond acceptors (Lipinski definition) is 4. The Hall–Kier alpha value is -2.70. The molecule has 0 aliphatic rings. The second-order valence-corrected chi connectivity index (χ2v) is 5.30. The lowest BCUT2D eigenvalue weighted by atomic mass is 10.1. The number of carbonyl (C=O) groups excluding carboxylic acids is 1. The number of aliphatic carboxylic acids is 1. The first-order chi connectivity index (χ1) is 10.5. The predicted octanol–water partition coefficient (Wildman–Crippen LogP) is 1.42. The summed E-state index contributed by atoms with van der Waals surface area (Å²) in [5.41, 5.74) is 2.11. The molecule has 2 aromatic rings. The number of aromatic nitrogens is 3. The summed E-state index contributed by atoms with van der Waals surface area (Å²) in [7, 11) is 0. The van der Waals surface area contributed by atoms with Gasteiger partial charge < -0.3 is 10.4 Å². The van der Waals surface area contributed by atoms with E-state index in [1.807, 2.05) is 31.2 Å². The highest BCUT2D eigenvalue weighted by molar-refractivity contribution is 5.91. The van der Waals surface area contributed by atoms with Gasteiger partial charge in [-0.15, -0.1) is 5.10 Å². The summed E-state index contributed by atoms with van der Waals surface area (Å²) < 4.78 is 1.53. The number of carbonyl (C=O) groups is 2. The summed E-state index contributed by atoms with van der Waals surface area (Å²) in [5, 5.41) is 19.1. The molecule has 0 saturated carbocycles. The molecule has 1 aromatic heterocycles. The molecule has 0 bridgehead atoms. The molecule has 0 aliphatic carbocycles. The molecule has 1 aromatic carbocycles. The van der Waals surface area contributed by atoms with Gasteiger partial charge in [-0.1, -0.05) is 24.3 Å². The van der Waals surface area contributed by atoms with E-state index in [9.17, 15) is 9.59 Å². The van der Waals surface area contributed by atoms with Crippen LogP contribution in [0.15, 0.2) is 30.5 Å². The second-order valence-electron chi connectivity index (χ2n) is 5.30. The molecular formula is C15H18N4O3. The number of nitrogens with one attached hydrogen (secondary N) is 1. The third kappa shape index (κ3) is 4.15. The number of rotatable bonds is 6. The lowest BCUT2D eigenvalue weighted by molar-refractivity contribution is -0.137. The minimum absolute atomic E-state index is 0.0102. The van der Waals surface area contributed by atoms with Gasteiger partial charge in [-0.05, 0) is 30.5 Å². The number of carboxylic acids is 1. The zero-order chi connectivity index (χ0) is 16.1. The largest absolute Gasteiger partial charge is 0.481 e. The molecule has 1 unspecified atom stereocenters. The number of amides is 1. The Balaban J connectivity index is 1.99. The van der Waals surface area contributed by atoms with Crippen molar-refractivity contribution in [3.63, 3.8) is 0 Å². The van der Waals surface area contributed by atoms with Gasteiger partial charge in [-0.2, -0.15) is 0 Å². The lowest BCUT2D eigenvalue weighted by Gasteiger charge is -2.08. The van der Waals surface area contributed by atoms with Gasteiger partial charge in [0, 0.05) is 13.0 Å². The Bertz CT molecular complexity index is 681. The van der Waals surface area contributed by atoms with Crippen molar-refractivity contribution in [2.24, 2.45) is 5.92 Å². The average Bonchev–Trinajstić information content (AvgIpc) is 2.94. The highest BCUT2D eigenvalue weighted by Crippen LogP contribution is 2.09. The Labute approximate surface area is 128 Å². The fourth-order valence-corrected chi connectivity index (χ4v) is 1.99. The molecule has 1 amide bonds. The average molecular weight is 302 g/mol. The smallest absolute Gasteiger partial charge is 0.303 e. The Morgan fingerprint density at radius 3 is 2.86 bits per heavy atom. The van der Waals surface area contributed by atoms with Crippen LogP contribution in [-0.2, 0) is 4.79 Å². The van der Waals surface area contributed by atoms with Crippen molar-refractivity contribution in [1.82, 2.24) is 20.3 Å². The minimum atomic E-state index is -0.882. The van der Waals surface area contributed by atoms with Crippen molar-refractivity contribution in [2.45, 2.75) is 20.3 Å². The van der Waals surface area contributed by atoms with Crippen molar-refractivity contribution in [2.75, 3.05) is 6.54 Å². The number of carboxylic acid groups (broad SMARTS) is 1. The normalized spacial score (nSPS) is 11.9. The molecule has 116 valence electrons. The maximum Gasteiger partial charge on any atom is 0.303 e. The van der Waals surface area contributed by atoms with E-state index < -0.39 is 5.97 Å². The first kappa shape index (κ1) is 15.7. The van der Waals surface area contributed by atoms with Gasteiger partial charge in [0.2, 0.25) is 0 Å². The molecule has 22 heavy (non-hydrogen) atoms. The van der Waals surface area contributed by atoms with Crippen molar-refractivity contribution in [1.29, 1.82) is 0 Å². The SMILES string of the molecule is Cc1cccc(-n2cc(C(=O)NCC(C)CC(=O)O)nn2)c1. The predicted molar refractivity (Wildman–Crippen MR) is 79.8 cm³/mol. The van der Waals surface area contributed by atoms with Crippen molar-refractivity contribution in [3.05, 3.63) is 41.7 Å². The van der Waals surface area contributed by atoms with E-state index in [2.05, 4.69) is 15.6 Å². The van der Waals surface area contributed by atoms with Gasteiger partial charge in [-0.25, -0.2) is 4.68 Å². The van der Waals surface area contributed by atoms with Gasteiger partial charge in [0.15, 0.2) is 5.69 Å². The van der Waals surface area contributed by atoms with E-state index in [4.69, 9.17) is 5.11 Å². The molecule has 0 aliphatic heterocycles. The summed E-state index contributed by atoms with van der Waals surface area (Å²) >= 11 is 0. The molecule has 2 rings (SSSR count). The number of hydrogen-bond donors (Lipinski definition) is 2. The lowest BCUT2D eigenvalue weighted by Crippen LogP contribution is -2.29. The van der Waals surface area contributed by atoms with Crippen molar-refractivity contribution in [3.8, 4) is 5.69 Å². The zero-order valence-corrected chi connectivity index (χ0v) is 12.5. The standard InChI is InChI=1S/C15H18N4O3/c1-10-4-3-5-12(6-10)19-9-13(17-18-19)15(22)16-8-11(2)7-14(20)21/h3-6,9,11H,7-8H2,1-2H3,(H,16,22)(H,20,21). The molecule has 0 radical (unpaired) electrons. The van der Waals surface area contributed by atoms with Gasteiger partial charge in [0.1, 0.15) is 0 Å². The Kier molecular flexibility index (Phi) is 4.88. The highest BCUT2D eigenvalue weighted by atomic mass is 16.4. The monoisotopic (exact) mass is 302 g/mol. The summed E-state index contributed by atoms with van der Waals surface area (Å²) in [6, 6.07) is 7.68. The number of nitrogens with zero attached hydrogens (tertiary/aromatic N) is 3. The molecular weight excluding hydrogens is 284 g/mol. The maximum absolute atomic E-state index is 12.0. The first-order valence-corrected chi connectivity index (χ1v) is 6.95. The van der Waals surface area contributed by atoms with Crippen LogP contribution in [0.4, 0.5) is 0 Å². The van der Waals surface area contributed by atoms with Crippen LogP contribution in [0.25, 0.3) is 5.69 Å². The summed E-state index contributed by atoms with van der Waals surface area (Å²) in [4.78, 5) is 22.5. The van der Waals surface area contributed by atoms with E-state index in [1.54, 1.807) is 13.1 Å². The number of benzene rings is 1. The van der Waals surface area contributed by atoms with Crippen LogP contribution in [0.1, 0.15) is 29.4 Å². The van der Waals surface area contributed by atoms with E-state index in [0.717, 1.165) is 11.3 Å². The zero-order valence-electron chi connectivity index (χ0n) is 12.5. The van der Waals surface area contributed by atoms with E-state index in [-0.39, 0.29) is 30.5 Å². The molecule has 1 atom stereocenters. The van der Waals surface area contributed by atoms with Crippen LogP contribution in [0.5, 0.6) is 0 Å². The molecule has 0 spiro atoms.